The number of hydrogen-bond donors (Lipinski definition) is 1. The van der Waals surface area contributed by atoms with Gasteiger partial charge in [-0.25, -0.2) is 4.98 Å². The minimum Gasteiger partial charge on any atom is -0.497 e. The minimum absolute atomic E-state index is 0.0972. The van der Waals surface area contributed by atoms with E-state index in [1.54, 1.807) is 7.11 Å². The molecular weight excluding hydrogens is 408 g/mol. The zero-order valence-corrected chi connectivity index (χ0v) is 18.6. The first kappa shape index (κ1) is 21.3. The number of piperidine rings is 1. The highest BCUT2D eigenvalue weighted by atomic mass is 32.1. The number of anilines is 1. The van der Waals surface area contributed by atoms with Crippen molar-refractivity contribution in [3.05, 3.63) is 71.5 Å². The van der Waals surface area contributed by atoms with Crippen molar-refractivity contribution >= 4 is 22.6 Å². The van der Waals surface area contributed by atoms with Crippen molar-refractivity contribution in [3.63, 3.8) is 0 Å². The van der Waals surface area contributed by atoms with Crippen molar-refractivity contribution in [2.75, 3.05) is 31.6 Å². The molecule has 1 amide bonds. The second-order valence-electron chi connectivity index (χ2n) is 7.92. The zero-order chi connectivity index (χ0) is 21.5. The number of carbonyl (C=O) groups is 1. The third kappa shape index (κ3) is 6.04. The first-order chi connectivity index (χ1) is 15.2. The van der Waals surface area contributed by atoms with E-state index in [1.807, 2.05) is 48.5 Å². The van der Waals surface area contributed by atoms with Crippen molar-refractivity contribution in [1.82, 2.24) is 14.7 Å². The van der Waals surface area contributed by atoms with Gasteiger partial charge in [-0.05, 0) is 42.0 Å². The smallest absolute Gasteiger partial charge is 0.224 e. The SMILES string of the molecule is COc1cccc(Cc2nsc(N3CCC(CNC(=O)Cc4ccccc4)CC3)n2)c1. The summed E-state index contributed by atoms with van der Waals surface area (Å²) in [5, 5.41) is 4.09. The summed E-state index contributed by atoms with van der Waals surface area (Å²) in [5.74, 6) is 2.31. The molecule has 2 heterocycles. The van der Waals surface area contributed by atoms with Crippen LogP contribution in [-0.2, 0) is 17.6 Å². The normalized spacial score (nSPS) is 14.4. The molecule has 0 aliphatic carbocycles. The summed E-state index contributed by atoms with van der Waals surface area (Å²) < 4.78 is 9.85. The lowest BCUT2D eigenvalue weighted by atomic mass is 9.97. The highest BCUT2D eigenvalue weighted by molar-refractivity contribution is 7.09. The fourth-order valence-electron chi connectivity index (χ4n) is 3.84. The molecule has 0 atom stereocenters. The molecule has 1 fully saturated rings. The van der Waals surface area contributed by atoms with Gasteiger partial charge in [-0.1, -0.05) is 42.5 Å². The van der Waals surface area contributed by atoms with Crippen molar-refractivity contribution in [1.29, 1.82) is 0 Å². The molecule has 0 spiro atoms. The van der Waals surface area contributed by atoms with Gasteiger partial charge in [0, 0.05) is 37.6 Å². The molecule has 0 radical (unpaired) electrons. The molecule has 1 aliphatic rings. The lowest BCUT2D eigenvalue weighted by Gasteiger charge is -2.31. The molecule has 4 rings (SSSR count). The van der Waals surface area contributed by atoms with Gasteiger partial charge in [0.15, 0.2) is 0 Å². The summed E-state index contributed by atoms with van der Waals surface area (Å²) in [6.45, 7) is 2.65. The Bertz CT molecular complexity index is 984. The summed E-state index contributed by atoms with van der Waals surface area (Å²) >= 11 is 1.47. The van der Waals surface area contributed by atoms with E-state index in [9.17, 15) is 4.79 Å². The van der Waals surface area contributed by atoms with Crippen molar-refractivity contribution in [3.8, 4) is 5.75 Å². The van der Waals surface area contributed by atoms with Gasteiger partial charge in [-0.3, -0.25) is 4.79 Å². The molecule has 1 aliphatic heterocycles. The van der Waals surface area contributed by atoms with Gasteiger partial charge in [0.05, 0.1) is 13.5 Å². The second kappa shape index (κ2) is 10.4. The molecule has 0 unspecified atom stereocenters. The van der Waals surface area contributed by atoms with Gasteiger partial charge >= 0.3 is 0 Å². The van der Waals surface area contributed by atoms with Crippen LogP contribution >= 0.6 is 11.5 Å². The Morgan fingerprint density at radius 3 is 2.68 bits per heavy atom. The van der Waals surface area contributed by atoms with E-state index < -0.39 is 0 Å². The molecule has 1 aromatic heterocycles. The Morgan fingerprint density at radius 2 is 1.90 bits per heavy atom. The molecular formula is C24H28N4O2S. The predicted octanol–water partition coefficient (Wildman–Crippen LogP) is 3.71. The standard InChI is InChI=1S/C24H28N4O2S/c1-30-21-9-5-8-20(14-21)15-22-26-24(31-27-22)28-12-10-19(11-13-28)17-25-23(29)16-18-6-3-2-4-7-18/h2-9,14,19H,10-13,15-17H2,1H3,(H,25,29). The topological polar surface area (TPSA) is 67.3 Å². The van der Waals surface area contributed by atoms with E-state index in [0.29, 0.717) is 18.8 Å². The maximum atomic E-state index is 12.2. The summed E-state index contributed by atoms with van der Waals surface area (Å²) in [5.41, 5.74) is 2.20. The Morgan fingerprint density at radius 1 is 1.13 bits per heavy atom. The van der Waals surface area contributed by atoms with E-state index in [2.05, 4.69) is 20.7 Å². The van der Waals surface area contributed by atoms with Crippen LogP contribution in [0.15, 0.2) is 54.6 Å². The Labute approximate surface area is 187 Å². The zero-order valence-electron chi connectivity index (χ0n) is 17.8. The summed E-state index contributed by atoms with van der Waals surface area (Å²) in [6.07, 6.45) is 3.25. The second-order valence-corrected chi connectivity index (χ2v) is 8.65. The Kier molecular flexibility index (Phi) is 7.14. The average molecular weight is 437 g/mol. The number of aromatic nitrogens is 2. The largest absolute Gasteiger partial charge is 0.497 e. The Balaban J connectivity index is 1.22. The average Bonchev–Trinajstić information content (AvgIpc) is 3.27. The van der Waals surface area contributed by atoms with Gasteiger partial charge in [0.25, 0.3) is 0 Å². The van der Waals surface area contributed by atoms with Crippen molar-refractivity contribution in [2.45, 2.75) is 25.7 Å². The van der Waals surface area contributed by atoms with E-state index in [1.165, 1.54) is 11.5 Å². The van der Waals surface area contributed by atoms with Gasteiger partial charge in [-0.2, -0.15) is 4.37 Å². The van der Waals surface area contributed by atoms with Gasteiger partial charge in [0.2, 0.25) is 11.0 Å². The third-order valence-electron chi connectivity index (χ3n) is 5.63. The highest BCUT2D eigenvalue weighted by Crippen LogP contribution is 2.25. The van der Waals surface area contributed by atoms with Crippen LogP contribution in [0.4, 0.5) is 5.13 Å². The maximum Gasteiger partial charge on any atom is 0.224 e. The molecule has 1 N–H and O–H groups in total. The molecule has 162 valence electrons. The van der Waals surface area contributed by atoms with E-state index in [-0.39, 0.29) is 5.91 Å². The van der Waals surface area contributed by atoms with E-state index >= 15 is 0 Å². The molecule has 0 saturated carbocycles. The van der Waals surface area contributed by atoms with Crippen LogP contribution in [0.3, 0.4) is 0 Å². The number of nitrogens with one attached hydrogen (secondary N) is 1. The summed E-state index contributed by atoms with van der Waals surface area (Å²) in [7, 11) is 1.68. The minimum atomic E-state index is 0.0972. The number of benzene rings is 2. The number of hydrogen-bond acceptors (Lipinski definition) is 6. The van der Waals surface area contributed by atoms with Crippen LogP contribution in [0.2, 0.25) is 0 Å². The quantitative estimate of drug-likeness (QED) is 0.583. The molecule has 31 heavy (non-hydrogen) atoms. The molecule has 6 nitrogen and oxygen atoms in total. The highest BCUT2D eigenvalue weighted by Gasteiger charge is 2.22. The molecule has 0 bridgehead atoms. The molecule has 2 aromatic carbocycles. The lowest BCUT2D eigenvalue weighted by molar-refractivity contribution is -0.120. The number of methoxy groups -OCH3 is 1. The van der Waals surface area contributed by atoms with Gasteiger partial charge < -0.3 is 15.0 Å². The number of ether oxygens (including phenoxy) is 1. The monoisotopic (exact) mass is 436 g/mol. The first-order valence-electron chi connectivity index (χ1n) is 10.7. The van der Waals surface area contributed by atoms with Crippen LogP contribution in [0, 0.1) is 5.92 Å². The fraction of sp³-hybridized carbons (Fsp3) is 0.375. The van der Waals surface area contributed by atoms with E-state index in [0.717, 1.165) is 60.3 Å². The number of amides is 1. The third-order valence-corrected chi connectivity index (χ3v) is 6.45. The molecule has 3 aromatic rings. The summed E-state index contributed by atoms with van der Waals surface area (Å²) in [4.78, 5) is 19.3. The van der Waals surface area contributed by atoms with Gasteiger partial charge in [-0.15, -0.1) is 0 Å². The van der Waals surface area contributed by atoms with Crippen molar-refractivity contribution in [2.24, 2.45) is 5.92 Å². The van der Waals surface area contributed by atoms with E-state index in [4.69, 9.17) is 9.72 Å². The van der Waals surface area contributed by atoms with Gasteiger partial charge in [0.1, 0.15) is 11.6 Å². The predicted molar refractivity (Wildman–Crippen MR) is 124 cm³/mol. The fourth-order valence-corrected chi connectivity index (χ4v) is 4.58. The Hall–Kier alpha value is -2.93. The maximum absolute atomic E-state index is 12.2. The summed E-state index contributed by atoms with van der Waals surface area (Å²) in [6, 6.07) is 17.9. The number of rotatable bonds is 8. The first-order valence-corrected chi connectivity index (χ1v) is 11.5. The van der Waals surface area contributed by atoms with Crippen LogP contribution in [0.1, 0.15) is 29.8 Å². The molecule has 7 heteroatoms. The van der Waals surface area contributed by atoms with Crippen LogP contribution < -0.4 is 15.0 Å². The van der Waals surface area contributed by atoms with Crippen molar-refractivity contribution < 1.29 is 9.53 Å². The lowest BCUT2D eigenvalue weighted by Crippen LogP contribution is -2.39. The van der Waals surface area contributed by atoms with Crippen LogP contribution in [0.25, 0.3) is 0 Å². The number of nitrogens with zero attached hydrogens (tertiary/aromatic N) is 3. The van der Waals surface area contributed by atoms with Crippen LogP contribution in [-0.4, -0.2) is 42.0 Å². The number of carbonyl (C=O) groups excluding carboxylic acids is 1. The molecule has 1 saturated heterocycles. The van der Waals surface area contributed by atoms with Crippen LogP contribution in [0.5, 0.6) is 5.75 Å².